The molecule has 0 aromatic carbocycles. The van der Waals surface area contributed by atoms with E-state index in [4.69, 9.17) is 15.1 Å². The van der Waals surface area contributed by atoms with E-state index in [1.807, 2.05) is 6.92 Å². The van der Waals surface area contributed by atoms with Gasteiger partial charge in [0.15, 0.2) is 0 Å². The average molecular weight is 226 g/mol. The standard InChI is InChI=1S/C11H18N2O3/c1-9-6-11(7-9,8-12)10(15)13-2-4-16-5-3-14/h9,14H,2-7H2,1H3,(H,13,15). The molecule has 1 amide bonds. The Bertz CT molecular complexity index is 279. The Labute approximate surface area is 95.4 Å². The summed E-state index contributed by atoms with van der Waals surface area (Å²) in [5.41, 5.74) is -0.809. The van der Waals surface area contributed by atoms with Crippen molar-refractivity contribution in [1.82, 2.24) is 5.32 Å². The number of aliphatic hydroxyl groups is 1. The first-order chi connectivity index (χ1) is 7.64. The van der Waals surface area contributed by atoms with Crippen LogP contribution in [0.1, 0.15) is 19.8 Å². The Balaban J connectivity index is 2.22. The predicted octanol–water partition coefficient (Wildman–Crippen LogP) is 0.0514. The van der Waals surface area contributed by atoms with Gasteiger partial charge < -0.3 is 15.2 Å². The second-order valence-corrected chi connectivity index (χ2v) is 4.30. The van der Waals surface area contributed by atoms with Crippen molar-refractivity contribution in [2.75, 3.05) is 26.4 Å². The molecule has 16 heavy (non-hydrogen) atoms. The number of nitrogens with zero attached hydrogens (tertiary/aromatic N) is 1. The molecule has 0 bridgehead atoms. The van der Waals surface area contributed by atoms with Crippen LogP contribution in [-0.2, 0) is 9.53 Å². The summed E-state index contributed by atoms with van der Waals surface area (Å²) in [5, 5.41) is 20.1. The van der Waals surface area contributed by atoms with Crippen LogP contribution in [0.4, 0.5) is 0 Å². The number of hydrogen-bond donors (Lipinski definition) is 2. The normalized spacial score (nSPS) is 27.9. The van der Waals surface area contributed by atoms with E-state index in [1.54, 1.807) is 0 Å². The molecule has 0 aliphatic heterocycles. The number of nitriles is 1. The fourth-order valence-corrected chi connectivity index (χ4v) is 2.03. The van der Waals surface area contributed by atoms with Crippen molar-refractivity contribution in [3.8, 4) is 6.07 Å². The minimum atomic E-state index is -0.809. The molecular formula is C11H18N2O3. The molecule has 5 nitrogen and oxygen atoms in total. The molecule has 0 radical (unpaired) electrons. The van der Waals surface area contributed by atoms with Crippen LogP contribution in [0.3, 0.4) is 0 Å². The van der Waals surface area contributed by atoms with Gasteiger partial charge in [0.1, 0.15) is 5.41 Å². The molecule has 90 valence electrons. The van der Waals surface area contributed by atoms with Crippen molar-refractivity contribution in [3.05, 3.63) is 0 Å². The fourth-order valence-electron chi connectivity index (χ4n) is 2.03. The van der Waals surface area contributed by atoms with Gasteiger partial charge >= 0.3 is 0 Å². The molecule has 1 fully saturated rings. The molecule has 1 saturated carbocycles. The van der Waals surface area contributed by atoms with E-state index in [0.29, 0.717) is 31.9 Å². The molecule has 0 unspecified atom stereocenters. The summed E-state index contributed by atoms with van der Waals surface area (Å²) in [6, 6.07) is 2.10. The lowest BCUT2D eigenvalue weighted by Gasteiger charge is -2.39. The van der Waals surface area contributed by atoms with Gasteiger partial charge in [-0.3, -0.25) is 4.79 Å². The Morgan fingerprint density at radius 3 is 2.81 bits per heavy atom. The second-order valence-electron chi connectivity index (χ2n) is 4.30. The van der Waals surface area contributed by atoms with Gasteiger partial charge in [-0.25, -0.2) is 0 Å². The molecule has 5 heteroatoms. The maximum absolute atomic E-state index is 11.7. The number of carbonyl (C=O) groups excluding carboxylic acids is 1. The highest BCUT2D eigenvalue weighted by Gasteiger charge is 2.48. The van der Waals surface area contributed by atoms with Crippen LogP contribution >= 0.6 is 0 Å². The Morgan fingerprint density at radius 2 is 2.31 bits per heavy atom. The van der Waals surface area contributed by atoms with Gasteiger partial charge in [-0.1, -0.05) is 6.92 Å². The van der Waals surface area contributed by atoms with Crippen molar-refractivity contribution in [2.45, 2.75) is 19.8 Å². The highest BCUT2D eigenvalue weighted by molar-refractivity contribution is 5.86. The third kappa shape index (κ3) is 2.94. The van der Waals surface area contributed by atoms with Crippen molar-refractivity contribution in [3.63, 3.8) is 0 Å². The summed E-state index contributed by atoms with van der Waals surface area (Å²) < 4.78 is 5.00. The minimum Gasteiger partial charge on any atom is -0.394 e. The van der Waals surface area contributed by atoms with E-state index in [-0.39, 0.29) is 19.1 Å². The first-order valence-corrected chi connectivity index (χ1v) is 5.53. The zero-order valence-corrected chi connectivity index (χ0v) is 9.53. The Hall–Kier alpha value is -1.12. The molecule has 0 spiro atoms. The maximum Gasteiger partial charge on any atom is 0.240 e. The lowest BCUT2D eigenvalue weighted by molar-refractivity contribution is -0.134. The van der Waals surface area contributed by atoms with E-state index >= 15 is 0 Å². The summed E-state index contributed by atoms with van der Waals surface area (Å²) in [5.74, 6) is 0.261. The second kappa shape index (κ2) is 5.83. The first kappa shape index (κ1) is 12.9. The third-order valence-corrected chi connectivity index (χ3v) is 2.81. The van der Waals surface area contributed by atoms with Gasteiger partial charge in [0.2, 0.25) is 5.91 Å². The van der Waals surface area contributed by atoms with Crippen molar-refractivity contribution in [1.29, 1.82) is 5.26 Å². The molecule has 0 aromatic heterocycles. The number of amides is 1. The number of ether oxygens (including phenoxy) is 1. The van der Waals surface area contributed by atoms with E-state index < -0.39 is 5.41 Å². The number of carbonyl (C=O) groups is 1. The minimum absolute atomic E-state index is 0.0202. The van der Waals surface area contributed by atoms with Gasteiger partial charge in [-0.05, 0) is 18.8 Å². The number of nitrogens with one attached hydrogen (secondary N) is 1. The summed E-state index contributed by atoms with van der Waals surface area (Å²) >= 11 is 0. The predicted molar refractivity (Wildman–Crippen MR) is 57.4 cm³/mol. The van der Waals surface area contributed by atoms with E-state index in [0.717, 1.165) is 0 Å². The van der Waals surface area contributed by atoms with Crippen LogP contribution in [0.5, 0.6) is 0 Å². The van der Waals surface area contributed by atoms with E-state index in [9.17, 15) is 4.79 Å². The summed E-state index contributed by atoms with van der Waals surface area (Å²) in [6.45, 7) is 3.04. The van der Waals surface area contributed by atoms with Crippen LogP contribution in [0.2, 0.25) is 0 Å². The SMILES string of the molecule is CC1CC(C#N)(C(=O)NCCOCCO)C1. The van der Waals surface area contributed by atoms with Gasteiger partial charge in [-0.2, -0.15) is 5.26 Å². The Kier molecular flexibility index (Phi) is 4.71. The lowest BCUT2D eigenvalue weighted by atomic mass is 9.63. The molecule has 1 aliphatic carbocycles. The number of aliphatic hydroxyl groups excluding tert-OH is 1. The third-order valence-electron chi connectivity index (χ3n) is 2.81. The summed E-state index contributed by atoms with van der Waals surface area (Å²) in [7, 11) is 0. The first-order valence-electron chi connectivity index (χ1n) is 5.53. The summed E-state index contributed by atoms with van der Waals surface area (Å²) in [6.07, 6.45) is 1.29. The Morgan fingerprint density at radius 1 is 1.62 bits per heavy atom. The molecule has 1 rings (SSSR count). The summed E-state index contributed by atoms with van der Waals surface area (Å²) in [4.78, 5) is 11.7. The van der Waals surface area contributed by atoms with Crippen LogP contribution in [-0.4, -0.2) is 37.4 Å². The topological polar surface area (TPSA) is 82.4 Å². The largest absolute Gasteiger partial charge is 0.394 e. The molecule has 0 saturated heterocycles. The highest BCUT2D eigenvalue weighted by atomic mass is 16.5. The monoisotopic (exact) mass is 226 g/mol. The molecule has 1 aliphatic rings. The maximum atomic E-state index is 11.7. The molecule has 0 aromatic rings. The van der Waals surface area contributed by atoms with Gasteiger partial charge in [-0.15, -0.1) is 0 Å². The molecule has 2 N–H and O–H groups in total. The lowest BCUT2D eigenvalue weighted by Crippen LogP contribution is -2.48. The molecule has 0 heterocycles. The molecular weight excluding hydrogens is 208 g/mol. The van der Waals surface area contributed by atoms with Crippen molar-refractivity contribution >= 4 is 5.91 Å². The van der Waals surface area contributed by atoms with E-state index in [1.165, 1.54) is 0 Å². The van der Waals surface area contributed by atoms with Gasteiger partial charge in [0.25, 0.3) is 0 Å². The van der Waals surface area contributed by atoms with Crippen LogP contribution < -0.4 is 5.32 Å². The molecule has 0 atom stereocenters. The number of rotatable bonds is 6. The van der Waals surface area contributed by atoms with E-state index in [2.05, 4.69) is 11.4 Å². The van der Waals surface area contributed by atoms with Crippen LogP contribution in [0.15, 0.2) is 0 Å². The smallest absolute Gasteiger partial charge is 0.240 e. The van der Waals surface area contributed by atoms with Gasteiger partial charge in [0.05, 0.1) is 25.9 Å². The number of hydrogen-bond acceptors (Lipinski definition) is 4. The van der Waals surface area contributed by atoms with Gasteiger partial charge in [0, 0.05) is 6.54 Å². The quantitative estimate of drug-likeness (QED) is 0.627. The van der Waals surface area contributed by atoms with Crippen molar-refractivity contribution in [2.24, 2.45) is 11.3 Å². The fraction of sp³-hybridized carbons (Fsp3) is 0.818. The highest BCUT2D eigenvalue weighted by Crippen LogP contribution is 2.44. The van der Waals surface area contributed by atoms with Crippen LogP contribution in [0, 0.1) is 22.7 Å². The van der Waals surface area contributed by atoms with Crippen LogP contribution in [0.25, 0.3) is 0 Å². The average Bonchev–Trinajstić information content (AvgIpc) is 2.24. The zero-order chi connectivity index (χ0) is 12.0. The zero-order valence-electron chi connectivity index (χ0n) is 9.53. The van der Waals surface area contributed by atoms with Crippen molar-refractivity contribution < 1.29 is 14.6 Å².